The number of nitrogens with zero attached hydrogens (tertiary/aromatic N) is 1. The van der Waals surface area contributed by atoms with Gasteiger partial charge in [0.1, 0.15) is 0 Å². The molecule has 0 saturated heterocycles. The molecule has 5 heteroatoms. The van der Waals surface area contributed by atoms with Crippen molar-refractivity contribution in [1.29, 1.82) is 0 Å². The van der Waals surface area contributed by atoms with Crippen molar-refractivity contribution in [3.8, 4) is 0 Å². The van der Waals surface area contributed by atoms with Crippen molar-refractivity contribution < 1.29 is 14.3 Å². The second-order valence-corrected chi connectivity index (χ2v) is 4.64. The lowest BCUT2D eigenvalue weighted by atomic mass is 10.1. The quantitative estimate of drug-likeness (QED) is 0.856. The topological polar surface area (TPSA) is 68.3 Å². The summed E-state index contributed by atoms with van der Waals surface area (Å²) in [6, 6.07) is 9.24. The number of benzene rings is 1. The van der Waals surface area contributed by atoms with Crippen molar-refractivity contribution in [3.05, 3.63) is 41.6 Å². The van der Waals surface area contributed by atoms with Gasteiger partial charge in [0.2, 0.25) is 0 Å². The highest BCUT2D eigenvalue weighted by Crippen LogP contribution is 2.17. The number of fused-ring (bicyclic) bond motifs is 1. The zero-order valence-electron chi connectivity index (χ0n) is 12.2. The molecule has 0 radical (unpaired) electrons. The molecule has 21 heavy (non-hydrogen) atoms. The zero-order valence-corrected chi connectivity index (χ0v) is 12.2. The average molecular weight is 286 g/mol. The molecule has 5 nitrogen and oxygen atoms in total. The van der Waals surface area contributed by atoms with Crippen LogP contribution in [0.15, 0.2) is 30.3 Å². The summed E-state index contributed by atoms with van der Waals surface area (Å²) in [4.78, 5) is 27.9. The molecule has 1 aromatic heterocycles. The molecule has 0 fully saturated rings. The number of esters is 1. The minimum atomic E-state index is -0.312. The van der Waals surface area contributed by atoms with E-state index in [1.54, 1.807) is 13.0 Å². The SMILES string of the molecule is CCOC(=O)CCNC(=O)c1cc(C)nc2ccccc12. The van der Waals surface area contributed by atoms with Crippen molar-refractivity contribution in [2.75, 3.05) is 13.2 Å². The fourth-order valence-corrected chi connectivity index (χ4v) is 2.10. The zero-order chi connectivity index (χ0) is 15.2. The predicted octanol–water partition coefficient (Wildman–Crippen LogP) is 2.23. The summed E-state index contributed by atoms with van der Waals surface area (Å²) in [5, 5.41) is 3.54. The molecule has 2 rings (SSSR count). The smallest absolute Gasteiger partial charge is 0.307 e. The lowest BCUT2D eigenvalue weighted by Crippen LogP contribution is -2.27. The minimum absolute atomic E-state index is 0.168. The van der Waals surface area contributed by atoms with Crippen LogP contribution in [0.2, 0.25) is 0 Å². The summed E-state index contributed by atoms with van der Waals surface area (Å²) >= 11 is 0. The molecule has 1 aromatic carbocycles. The third-order valence-electron chi connectivity index (χ3n) is 3.01. The third kappa shape index (κ3) is 3.78. The van der Waals surface area contributed by atoms with Gasteiger partial charge in [-0.25, -0.2) is 0 Å². The number of carbonyl (C=O) groups is 2. The van der Waals surface area contributed by atoms with E-state index in [-0.39, 0.29) is 24.8 Å². The Balaban J connectivity index is 2.11. The van der Waals surface area contributed by atoms with Gasteiger partial charge in [-0.2, -0.15) is 0 Å². The van der Waals surface area contributed by atoms with Gasteiger partial charge in [0.05, 0.1) is 24.1 Å². The van der Waals surface area contributed by atoms with Crippen LogP contribution in [0, 0.1) is 6.92 Å². The number of pyridine rings is 1. The lowest BCUT2D eigenvalue weighted by Gasteiger charge is -2.09. The van der Waals surface area contributed by atoms with Gasteiger partial charge in [0, 0.05) is 17.6 Å². The fraction of sp³-hybridized carbons (Fsp3) is 0.312. The third-order valence-corrected chi connectivity index (χ3v) is 3.01. The van der Waals surface area contributed by atoms with Gasteiger partial charge < -0.3 is 10.1 Å². The largest absolute Gasteiger partial charge is 0.466 e. The minimum Gasteiger partial charge on any atom is -0.466 e. The van der Waals surface area contributed by atoms with Gasteiger partial charge in [-0.1, -0.05) is 18.2 Å². The second-order valence-electron chi connectivity index (χ2n) is 4.64. The molecule has 110 valence electrons. The van der Waals surface area contributed by atoms with Crippen LogP contribution in [0.4, 0.5) is 0 Å². The van der Waals surface area contributed by atoms with Crippen LogP contribution in [0.25, 0.3) is 10.9 Å². The molecule has 0 atom stereocenters. The van der Waals surface area contributed by atoms with E-state index in [0.29, 0.717) is 12.2 Å². The number of aryl methyl sites for hydroxylation is 1. The number of ether oxygens (including phenoxy) is 1. The van der Waals surface area contributed by atoms with Gasteiger partial charge in [0.15, 0.2) is 0 Å². The number of para-hydroxylation sites is 1. The molecule has 0 aliphatic heterocycles. The van der Waals surface area contributed by atoms with Crippen molar-refractivity contribution in [3.63, 3.8) is 0 Å². The Bertz CT molecular complexity index is 668. The summed E-state index contributed by atoms with van der Waals surface area (Å²) in [6.07, 6.45) is 0.168. The average Bonchev–Trinajstić information content (AvgIpc) is 2.46. The van der Waals surface area contributed by atoms with Crippen LogP contribution in [-0.4, -0.2) is 30.0 Å². The van der Waals surface area contributed by atoms with Gasteiger partial charge in [0.25, 0.3) is 5.91 Å². The summed E-state index contributed by atoms with van der Waals surface area (Å²) in [7, 11) is 0. The molecular weight excluding hydrogens is 268 g/mol. The van der Waals surface area contributed by atoms with Crippen molar-refractivity contribution in [1.82, 2.24) is 10.3 Å². The first kappa shape index (κ1) is 15.0. The molecule has 0 aliphatic carbocycles. The number of hydrogen-bond acceptors (Lipinski definition) is 4. The van der Waals surface area contributed by atoms with Gasteiger partial charge >= 0.3 is 5.97 Å². The van der Waals surface area contributed by atoms with E-state index in [9.17, 15) is 9.59 Å². The van der Waals surface area contributed by atoms with Gasteiger partial charge in [-0.05, 0) is 26.0 Å². The van der Waals surface area contributed by atoms with E-state index in [0.717, 1.165) is 16.6 Å². The molecule has 0 bridgehead atoms. The van der Waals surface area contributed by atoms with Gasteiger partial charge in [-0.3, -0.25) is 14.6 Å². The highest BCUT2D eigenvalue weighted by molar-refractivity contribution is 6.06. The number of carbonyl (C=O) groups excluding carboxylic acids is 2. The van der Waals surface area contributed by atoms with E-state index >= 15 is 0 Å². The molecule has 1 N–H and O–H groups in total. The van der Waals surface area contributed by atoms with Gasteiger partial charge in [-0.15, -0.1) is 0 Å². The summed E-state index contributed by atoms with van der Waals surface area (Å²) in [5.41, 5.74) is 2.14. The number of rotatable bonds is 5. The first-order valence-corrected chi connectivity index (χ1v) is 6.92. The van der Waals surface area contributed by atoms with Crippen LogP contribution < -0.4 is 5.32 Å². The Morgan fingerprint density at radius 2 is 2.05 bits per heavy atom. The van der Waals surface area contributed by atoms with E-state index in [1.807, 2.05) is 31.2 Å². The standard InChI is InChI=1S/C16H18N2O3/c1-3-21-15(19)8-9-17-16(20)13-10-11(2)18-14-7-5-4-6-12(13)14/h4-7,10H,3,8-9H2,1-2H3,(H,17,20). The molecule has 0 aliphatic rings. The molecule has 0 spiro atoms. The Labute approximate surface area is 123 Å². The first-order valence-electron chi connectivity index (χ1n) is 6.92. The van der Waals surface area contributed by atoms with Crippen LogP contribution in [0.1, 0.15) is 29.4 Å². The molecule has 0 unspecified atom stereocenters. The van der Waals surface area contributed by atoms with E-state index in [4.69, 9.17) is 4.74 Å². The Morgan fingerprint density at radius 3 is 2.81 bits per heavy atom. The summed E-state index contributed by atoms with van der Waals surface area (Å²) < 4.78 is 4.82. The highest BCUT2D eigenvalue weighted by atomic mass is 16.5. The molecule has 2 aromatic rings. The lowest BCUT2D eigenvalue weighted by molar-refractivity contribution is -0.142. The van der Waals surface area contributed by atoms with Crippen molar-refractivity contribution >= 4 is 22.8 Å². The number of aromatic nitrogens is 1. The molecular formula is C16H18N2O3. The maximum absolute atomic E-state index is 12.3. The summed E-state index contributed by atoms with van der Waals surface area (Å²) in [6.45, 7) is 4.21. The number of nitrogens with one attached hydrogen (secondary N) is 1. The predicted molar refractivity (Wildman–Crippen MR) is 80.1 cm³/mol. The fourth-order valence-electron chi connectivity index (χ4n) is 2.10. The maximum atomic E-state index is 12.3. The molecule has 1 amide bonds. The van der Waals surface area contributed by atoms with Crippen LogP contribution in [0.5, 0.6) is 0 Å². The Morgan fingerprint density at radius 1 is 1.29 bits per heavy atom. The maximum Gasteiger partial charge on any atom is 0.307 e. The monoisotopic (exact) mass is 286 g/mol. The van der Waals surface area contributed by atoms with Crippen LogP contribution >= 0.6 is 0 Å². The van der Waals surface area contributed by atoms with E-state index in [2.05, 4.69) is 10.3 Å². The number of hydrogen-bond donors (Lipinski definition) is 1. The van der Waals surface area contributed by atoms with E-state index in [1.165, 1.54) is 0 Å². The Kier molecular flexibility index (Phi) is 4.87. The summed E-state index contributed by atoms with van der Waals surface area (Å²) in [5.74, 6) is -0.519. The second kappa shape index (κ2) is 6.83. The van der Waals surface area contributed by atoms with Crippen molar-refractivity contribution in [2.45, 2.75) is 20.3 Å². The first-order chi connectivity index (χ1) is 10.1. The molecule has 0 saturated carbocycles. The van der Waals surface area contributed by atoms with Crippen molar-refractivity contribution in [2.24, 2.45) is 0 Å². The molecule has 1 heterocycles. The highest BCUT2D eigenvalue weighted by Gasteiger charge is 2.12. The van der Waals surface area contributed by atoms with E-state index < -0.39 is 0 Å². The number of amides is 1. The van der Waals surface area contributed by atoms with Crippen LogP contribution in [-0.2, 0) is 9.53 Å². The normalized spacial score (nSPS) is 10.4. The van der Waals surface area contributed by atoms with Crippen LogP contribution in [0.3, 0.4) is 0 Å². The Hall–Kier alpha value is -2.43.